The first kappa shape index (κ1) is 30.8. The molecule has 1 aliphatic carbocycles. The van der Waals surface area contributed by atoms with E-state index in [-0.39, 0.29) is 5.97 Å². The van der Waals surface area contributed by atoms with Crippen LogP contribution in [-0.2, 0) is 0 Å². The van der Waals surface area contributed by atoms with E-state index in [1.807, 2.05) is 30.3 Å². The molecule has 0 unspecified atom stereocenters. The maximum absolute atomic E-state index is 12.5. The topological polar surface area (TPSA) is 44.8 Å². The van der Waals surface area contributed by atoms with Gasteiger partial charge in [-0.2, -0.15) is 0 Å². The van der Waals surface area contributed by atoms with Crippen molar-refractivity contribution in [3.8, 4) is 17.2 Å². The zero-order valence-corrected chi connectivity index (χ0v) is 24.2. The Hall–Kier alpha value is -2.75. The van der Waals surface area contributed by atoms with E-state index >= 15 is 0 Å². The molecule has 0 saturated heterocycles. The Kier molecular flexibility index (Phi) is 14.6. The fourth-order valence-electron chi connectivity index (χ4n) is 5.45. The van der Waals surface area contributed by atoms with E-state index in [0.29, 0.717) is 17.9 Å². The highest BCUT2D eigenvalue weighted by atomic mass is 16.5. The minimum Gasteiger partial charge on any atom is -0.494 e. The monoisotopic (exact) mass is 534 g/mol. The van der Waals surface area contributed by atoms with Gasteiger partial charge in [0, 0.05) is 0 Å². The molecule has 0 bridgehead atoms. The van der Waals surface area contributed by atoms with Gasteiger partial charge in [0.1, 0.15) is 17.2 Å². The molecule has 1 fully saturated rings. The zero-order chi connectivity index (χ0) is 27.5. The molecule has 39 heavy (non-hydrogen) atoms. The second-order valence-electron chi connectivity index (χ2n) is 11.1. The molecule has 0 spiro atoms. The predicted octanol–water partition coefficient (Wildman–Crippen LogP) is 9.97. The lowest BCUT2D eigenvalue weighted by molar-refractivity contribution is 0.0734. The van der Waals surface area contributed by atoms with Crippen LogP contribution in [0.15, 0.2) is 61.2 Å². The third-order valence-electron chi connectivity index (χ3n) is 7.90. The molecule has 0 radical (unpaired) electrons. The molecule has 0 aliphatic heterocycles. The standard InChI is InChI=1S/C35H50O4/c1-3-5-7-8-9-11-27-37-32-21-19-31(20-22-32)35(36)39-34-25-23-33(24-26-34)38-28-12-14-30-17-15-29(16-18-30)13-10-6-4-2/h3,19-26,29-30H,1,4-18,27-28H2,2H3/t29-,30-. The third kappa shape index (κ3) is 12.3. The number of carbonyl (C=O) groups excluding carboxylic acids is 1. The Bertz CT molecular complexity index is 926. The van der Waals surface area contributed by atoms with E-state index in [1.165, 1.54) is 70.6 Å². The summed E-state index contributed by atoms with van der Waals surface area (Å²) in [5.41, 5.74) is 0.502. The largest absolute Gasteiger partial charge is 0.494 e. The number of esters is 1. The van der Waals surface area contributed by atoms with Gasteiger partial charge in [0.15, 0.2) is 0 Å². The average Bonchev–Trinajstić information content (AvgIpc) is 2.97. The minimum absolute atomic E-state index is 0.377. The predicted molar refractivity (Wildman–Crippen MR) is 161 cm³/mol. The minimum atomic E-state index is -0.377. The van der Waals surface area contributed by atoms with Crippen molar-refractivity contribution in [1.29, 1.82) is 0 Å². The van der Waals surface area contributed by atoms with Crippen molar-refractivity contribution in [1.82, 2.24) is 0 Å². The van der Waals surface area contributed by atoms with Crippen LogP contribution >= 0.6 is 0 Å². The summed E-state index contributed by atoms with van der Waals surface area (Å²) in [5, 5.41) is 0. The summed E-state index contributed by atoms with van der Waals surface area (Å²) < 4.78 is 17.3. The summed E-state index contributed by atoms with van der Waals surface area (Å²) in [6, 6.07) is 14.5. The van der Waals surface area contributed by atoms with Gasteiger partial charge in [-0.1, -0.05) is 77.2 Å². The summed E-state index contributed by atoms with van der Waals surface area (Å²) in [6.07, 6.45) is 21.2. The lowest BCUT2D eigenvalue weighted by Crippen LogP contribution is -2.15. The van der Waals surface area contributed by atoms with Crippen LogP contribution in [0.3, 0.4) is 0 Å². The smallest absolute Gasteiger partial charge is 0.343 e. The molecule has 0 aromatic heterocycles. The Morgan fingerprint density at radius 2 is 1.26 bits per heavy atom. The maximum atomic E-state index is 12.5. The van der Waals surface area contributed by atoms with Gasteiger partial charge < -0.3 is 14.2 Å². The van der Waals surface area contributed by atoms with Crippen LogP contribution in [0.2, 0.25) is 0 Å². The van der Waals surface area contributed by atoms with Crippen molar-refractivity contribution in [2.24, 2.45) is 11.8 Å². The van der Waals surface area contributed by atoms with Gasteiger partial charge >= 0.3 is 5.97 Å². The number of benzene rings is 2. The number of hydrogen-bond acceptors (Lipinski definition) is 4. The molecule has 3 rings (SSSR count). The van der Waals surface area contributed by atoms with E-state index in [4.69, 9.17) is 14.2 Å². The fourth-order valence-corrected chi connectivity index (χ4v) is 5.45. The molecule has 1 saturated carbocycles. The van der Waals surface area contributed by atoms with Gasteiger partial charge in [-0.25, -0.2) is 4.79 Å². The van der Waals surface area contributed by atoms with Gasteiger partial charge in [-0.05, 0) is 92.5 Å². The molecule has 0 amide bonds. The number of ether oxygens (including phenoxy) is 3. The van der Waals surface area contributed by atoms with E-state index in [1.54, 1.807) is 24.3 Å². The fraction of sp³-hybridized carbons (Fsp3) is 0.571. The van der Waals surface area contributed by atoms with Crippen LogP contribution in [0.5, 0.6) is 17.2 Å². The Labute approximate surface area is 237 Å². The molecule has 0 heterocycles. The highest BCUT2D eigenvalue weighted by Gasteiger charge is 2.20. The molecule has 1 aliphatic rings. The van der Waals surface area contributed by atoms with Gasteiger partial charge in [-0.3, -0.25) is 0 Å². The quantitative estimate of drug-likeness (QED) is 0.0778. The van der Waals surface area contributed by atoms with Gasteiger partial charge in [0.25, 0.3) is 0 Å². The first-order valence-corrected chi connectivity index (χ1v) is 15.5. The van der Waals surface area contributed by atoms with Gasteiger partial charge in [0.05, 0.1) is 18.8 Å². The summed E-state index contributed by atoms with van der Waals surface area (Å²) in [4.78, 5) is 12.5. The van der Waals surface area contributed by atoms with Crippen molar-refractivity contribution in [3.05, 3.63) is 66.7 Å². The third-order valence-corrected chi connectivity index (χ3v) is 7.90. The Morgan fingerprint density at radius 1 is 0.718 bits per heavy atom. The molecule has 4 nitrogen and oxygen atoms in total. The van der Waals surface area contributed by atoms with Crippen molar-refractivity contribution in [2.45, 2.75) is 103 Å². The highest BCUT2D eigenvalue weighted by molar-refractivity contribution is 5.91. The van der Waals surface area contributed by atoms with E-state index in [2.05, 4.69) is 13.5 Å². The van der Waals surface area contributed by atoms with E-state index in [9.17, 15) is 4.79 Å². The number of carbonyl (C=O) groups is 1. The molecule has 0 N–H and O–H groups in total. The highest BCUT2D eigenvalue weighted by Crippen LogP contribution is 2.34. The van der Waals surface area contributed by atoms with Crippen LogP contribution in [0.25, 0.3) is 0 Å². The van der Waals surface area contributed by atoms with Crippen molar-refractivity contribution >= 4 is 5.97 Å². The van der Waals surface area contributed by atoms with E-state index < -0.39 is 0 Å². The van der Waals surface area contributed by atoms with E-state index in [0.717, 1.165) is 55.6 Å². The average molecular weight is 535 g/mol. The second-order valence-corrected chi connectivity index (χ2v) is 11.1. The van der Waals surface area contributed by atoms with Crippen LogP contribution in [0.1, 0.15) is 114 Å². The second kappa shape index (κ2) is 18.5. The first-order chi connectivity index (χ1) is 19.2. The molecule has 214 valence electrons. The summed E-state index contributed by atoms with van der Waals surface area (Å²) in [6.45, 7) is 7.46. The summed E-state index contributed by atoms with van der Waals surface area (Å²) in [7, 11) is 0. The molecule has 0 atom stereocenters. The molecule has 2 aromatic carbocycles. The summed E-state index contributed by atoms with van der Waals surface area (Å²) >= 11 is 0. The normalized spacial score (nSPS) is 16.9. The van der Waals surface area contributed by atoms with Gasteiger partial charge in [0.2, 0.25) is 0 Å². The lowest BCUT2D eigenvalue weighted by Gasteiger charge is -2.28. The Morgan fingerprint density at radius 3 is 1.87 bits per heavy atom. The van der Waals surface area contributed by atoms with Crippen molar-refractivity contribution < 1.29 is 19.0 Å². The molecule has 2 aromatic rings. The number of hydrogen-bond donors (Lipinski definition) is 0. The van der Waals surface area contributed by atoms with Crippen LogP contribution < -0.4 is 14.2 Å². The maximum Gasteiger partial charge on any atom is 0.343 e. The van der Waals surface area contributed by atoms with Gasteiger partial charge in [-0.15, -0.1) is 6.58 Å². The SMILES string of the molecule is C=CCCCCCCOc1ccc(C(=O)Oc2ccc(OCCC[C@H]3CC[C@H](CCCCC)CC3)cc2)cc1. The van der Waals surface area contributed by atoms with Crippen molar-refractivity contribution in [2.75, 3.05) is 13.2 Å². The molecular formula is C35H50O4. The zero-order valence-electron chi connectivity index (χ0n) is 24.2. The molecule has 4 heteroatoms. The van der Waals surface area contributed by atoms with Crippen LogP contribution in [0, 0.1) is 11.8 Å². The van der Waals surface area contributed by atoms with Crippen molar-refractivity contribution in [3.63, 3.8) is 0 Å². The van der Waals surface area contributed by atoms with Crippen LogP contribution in [-0.4, -0.2) is 19.2 Å². The first-order valence-electron chi connectivity index (χ1n) is 15.5. The number of allylic oxidation sites excluding steroid dienone is 1. The molecular weight excluding hydrogens is 484 g/mol. The number of rotatable bonds is 19. The number of unbranched alkanes of at least 4 members (excludes halogenated alkanes) is 6. The lowest BCUT2D eigenvalue weighted by atomic mass is 9.78. The Balaban J connectivity index is 1.28. The van der Waals surface area contributed by atoms with Crippen LogP contribution in [0.4, 0.5) is 0 Å². The summed E-state index contributed by atoms with van der Waals surface area (Å²) in [5.74, 6) is 3.57.